The van der Waals surface area contributed by atoms with Crippen LogP contribution >= 0.6 is 11.6 Å². The molecule has 1 aliphatic heterocycles. The molecule has 25 heavy (non-hydrogen) atoms. The molecule has 132 valence electrons. The van der Waals surface area contributed by atoms with Crippen molar-refractivity contribution in [3.05, 3.63) is 45.2 Å². The van der Waals surface area contributed by atoms with E-state index in [1.807, 2.05) is 19.1 Å². The Morgan fingerprint density at radius 1 is 1.28 bits per heavy atom. The maximum atomic E-state index is 12.9. The first kappa shape index (κ1) is 17.5. The predicted octanol–water partition coefficient (Wildman–Crippen LogP) is 4.55. The van der Waals surface area contributed by atoms with E-state index in [1.165, 1.54) is 6.42 Å². The van der Waals surface area contributed by atoms with Gasteiger partial charge in [0, 0.05) is 29.7 Å². The summed E-state index contributed by atoms with van der Waals surface area (Å²) in [6.07, 6.45) is 6.74. The molecule has 3 rings (SSSR count). The van der Waals surface area contributed by atoms with E-state index < -0.39 is 0 Å². The number of allylic oxidation sites excluding steroid dienone is 1. The molecule has 1 fully saturated rings. The molecular weight excluding hydrogens is 338 g/mol. The Hall–Kier alpha value is -2.27. The number of halogens is 1. The average molecular weight is 360 g/mol. The monoisotopic (exact) mass is 359 g/mol. The van der Waals surface area contributed by atoms with Crippen LogP contribution in [0.1, 0.15) is 38.7 Å². The molecule has 1 N–H and O–H groups in total. The molecule has 0 unspecified atom stereocenters. The molecule has 1 aliphatic rings. The van der Waals surface area contributed by atoms with Crippen molar-refractivity contribution in [2.45, 2.75) is 33.1 Å². The Balaban J connectivity index is 2.29. The van der Waals surface area contributed by atoms with Gasteiger partial charge in [0.1, 0.15) is 5.56 Å². The smallest absolute Gasteiger partial charge is 0.261 e. The van der Waals surface area contributed by atoms with Crippen LogP contribution in [0.5, 0.6) is 0 Å². The number of hydrogen-bond donors (Lipinski definition) is 1. The lowest BCUT2D eigenvalue weighted by Crippen LogP contribution is -2.32. The minimum atomic E-state index is -0.185. The summed E-state index contributed by atoms with van der Waals surface area (Å²) in [4.78, 5) is 23.5. The molecule has 0 saturated carbocycles. The SMILES string of the molecule is C/C=C(\O/N=C/C)c1c(N2CCCCC2)c2cc(Cl)ccc2[nH]c1=O. The first-order valence-corrected chi connectivity index (χ1v) is 8.95. The molecule has 6 heteroatoms. The zero-order valence-electron chi connectivity index (χ0n) is 14.5. The Morgan fingerprint density at radius 2 is 2.04 bits per heavy atom. The summed E-state index contributed by atoms with van der Waals surface area (Å²) in [6.45, 7) is 5.42. The maximum absolute atomic E-state index is 12.9. The number of rotatable bonds is 4. The maximum Gasteiger partial charge on any atom is 0.261 e. The molecule has 5 nitrogen and oxygen atoms in total. The molecule has 1 saturated heterocycles. The molecule has 1 aromatic carbocycles. The number of pyridine rings is 1. The topological polar surface area (TPSA) is 57.7 Å². The van der Waals surface area contributed by atoms with Gasteiger partial charge in [-0.15, -0.1) is 0 Å². The normalized spacial score (nSPS) is 16.0. The van der Waals surface area contributed by atoms with Crippen molar-refractivity contribution in [2.24, 2.45) is 5.16 Å². The zero-order valence-corrected chi connectivity index (χ0v) is 15.3. The van der Waals surface area contributed by atoms with Crippen molar-refractivity contribution < 1.29 is 4.84 Å². The second-order valence-electron chi connectivity index (χ2n) is 6.02. The molecule has 0 radical (unpaired) electrons. The second kappa shape index (κ2) is 7.74. The number of nitrogens with zero attached hydrogens (tertiary/aromatic N) is 2. The van der Waals surface area contributed by atoms with Gasteiger partial charge in [-0.2, -0.15) is 0 Å². The molecule has 0 amide bonds. The molecular formula is C19H22ClN3O2. The molecule has 0 aliphatic carbocycles. The van der Waals surface area contributed by atoms with Gasteiger partial charge in [-0.05, 0) is 57.4 Å². The van der Waals surface area contributed by atoms with Gasteiger partial charge in [0.15, 0.2) is 5.76 Å². The third-order valence-corrected chi connectivity index (χ3v) is 4.62. The van der Waals surface area contributed by atoms with Gasteiger partial charge in [-0.1, -0.05) is 16.8 Å². The van der Waals surface area contributed by atoms with Gasteiger partial charge in [0.05, 0.1) is 11.2 Å². The van der Waals surface area contributed by atoms with Gasteiger partial charge in [0.25, 0.3) is 5.56 Å². The van der Waals surface area contributed by atoms with Crippen LogP contribution in [0, 0.1) is 0 Å². The molecule has 2 heterocycles. The number of oxime groups is 1. The zero-order chi connectivity index (χ0) is 17.8. The fourth-order valence-electron chi connectivity index (χ4n) is 3.28. The van der Waals surface area contributed by atoms with E-state index in [0.717, 1.165) is 42.5 Å². The van der Waals surface area contributed by atoms with E-state index >= 15 is 0 Å². The van der Waals surface area contributed by atoms with E-state index in [-0.39, 0.29) is 5.56 Å². The lowest BCUT2D eigenvalue weighted by molar-refractivity contribution is 0.299. The third kappa shape index (κ3) is 3.56. The Morgan fingerprint density at radius 3 is 2.72 bits per heavy atom. The van der Waals surface area contributed by atoms with Gasteiger partial charge < -0.3 is 14.7 Å². The molecule has 2 aromatic rings. The van der Waals surface area contributed by atoms with E-state index in [9.17, 15) is 4.79 Å². The number of fused-ring (bicyclic) bond motifs is 1. The third-order valence-electron chi connectivity index (χ3n) is 4.39. The van der Waals surface area contributed by atoms with Crippen LogP contribution in [0.3, 0.4) is 0 Å². The van der Waals surface area contributed by atoms with Crippen LogP contribution < -0.4 is 10.5 Å². The number of aromatic amines is 1. The van der Waals surface area contributed by atoms with E-state index in [2.05, 4.69) is 15.0 Å². The predicted molar refractivity (Wildman–Crippen MR) is 105 cm³/mol. The molecule has 0 spiro atoms. The quantitative estimate of drug-likeness (QED) is 0.494. The number of piperidine rings is 1. The fourth-order valence-corrected chi connectivity index (χ4v) is 3.45. The van der Waals surface area contributed by atoms with E-state index in [4.69, 9.17) is 16.4 Å². The number of nitrogens with one attached hydrogen (secondary N) is 1. The minimum Gasteiger partial charge on any atom is -0.370 e. The van der Waals surface area contributed by atoms with E-state index in [1.54, 1.807) is 25.3 Å². The standard InChI is InChI=1S/C19H22ClN3O2/c1-3-16(25-21-4-2)17-18(23-10-6-5-7-11-23)14-12-13(20)8-9-15(14)22-19(17)24/h3-4,8-9,12H,5-7,10-11H2,1-2H3,(H,22,24)/b16-3-,21-4+. The van der Waals surface area contributed by atoms with Crippen molar-refractivity contribution in [1.82, 2.24) is 4.98 Å². The first-order valence-electron chi connectivity index (χ1n) is 8.58. The van der Waals surface area contributed by atoms with Gasteiger partial charge in [-0.3, -0.25) is 4.79 Å². The summed E-state index contributed by atoms with van der Waals surface area (Å²) >= 11 is 6.24. The first-order chi connectivity index (χ1) is 12.2. The summed E-state index contributed by atoms with van der Waals surface area (Å²) in [5.41, 5.74) is 1.97. The van der Waals surface area contributed by atoms with Crippen molar-refractivity contribution >= 4 is 40.2 Å². The summed E-state index contributed by atoms with van der Waals surface area (Å²) in [7, 11) is 0. The van der Waals surface area contributed by atoms with Crippen LogP contribution in [-0.2, 0) is 4.84 Å². The lowest BCUT2D eigenvalue weighted by atomic mass is 10.0. The van der Waals surface area contributed by atoms with Crippen LogP contribution in [0.2, 0.25) is 5.02 Å². The fraction of sp³-hybridized carbons (Fsp3) is 0.368. The van der Waals surface area contributed by atoms with Crippen LogP contribution in [0.4, 0.5) is 5.69 Å². The summed E-state index contributed by atoms with van der Waals surface area (Å²) in [5.74, 6) is 0.446. The summed E-state index contributed by atoms with van der Waals surface area (Å²) < 4.78 is 0. The van der Waals surface area contributed by atoms with Gasteiger partial charge in [-0.25, -0.2) is 0 Å². The van der Waals surface area contributed by atoms with Crippen LogP contribution in [0.15, 0.2) is 34.2 Å². The highest BCUT2D eigenvalue weighted by Gasteiger charge is 2.23. The number of anilines is 1. The Labute approximate surface area is 151 Å². The van der Waals surface area contributed by atoms with Gasteiger partial charge >= 0.3 is 0 Å². The van der Waals surface area contributed by atoms with Crippen molar-refractivity contribution in [1.29, 1.82) is 0 Å². The number of hydrogen-bond acceptors (Lipinski definition) is 4. The highest BCUT2D eigenvalue weighted by molar-refractivity contribution is 6.31. The van der Waals surface area contributed by atoms with Gasteiger partial charge in [0.2, 0.25) is 0 Å². The lowest BCUT2D eigenvalue weighted by Gasteiger charge is -2.31. The molecule has 1 aromatic heterocycles. The van der Waals surface area contributed by atoms with E-state index in [0.29, 0.717) is 16.3 Å². The van der Waals surface area contributed by atoms with Crippen LogP contribution in [0.25, 0.3) is 16.7 Å². The number of H-pyrrole nitrogens is 1. The Bertz CT molecular complexity index is 880. The summed E-state index contributed by atoms with van der Waals surface area (Å²) in [6, 6.07) is 5.53. The highest BCUT2D eigenvalue weighted by atomic mass is 35.5. The Kier molecular flexibility index (Phi) is 5.43. The van der Waals surface area contributed by atoms with Crippen molar-refractivity contribution in [3.63, 3.8) is 0 Å². The highest BCUT2D eigenvalue weighted by Crippen LogP contribution is 2.35. The summed E-state index contributed by atoms with van der Waals surface area (Å²) in [5, 5.41) is 5.41. The number of aromatic nitrogens is 1. The van der Waals surface area contributed by atoms with Crippen molar-refractivity contribution in [2.75, 3.05) is 18.0 Å². The van der Waals surface area contributed by atoms with Crippen LogP contribution in [-0.4, -0.2) is 24.3 Å². The molecule has 0 bridgehead atoms. The van der Waals surface area contributed by atoms with Crippen molar-refractivity contribution in [3.8, 4) is 0 Å². The second-order valence-corrected chi connectivity index (χ2v) is 6.46. The largest absolute Gasteiger partial charge is 0.370 e. The average Bonchev–Trinajstić information content (AvgIpc) is 2.63. The number of benzene rings is 1. The molecule has 0 atom stereocenters. The minimum absolute atomic E-state index is 0.185.